The van der Waals surface area contributed by atoms with Gasteiger partial charge in [0.25, 0.3) is 0 Å². The molecule has 0 aromatic rings. The predicted molar refractivity (Wildman–Crippen MR) is 43.4 cm³/mol. The van der Waals surface area contributed by atoms with Crippen LogP contribution in [0.3, 0.4) is 0 Å². The summed E-state index contributed by atoms with van der Waals surface area (Å²) in [4.78, 5) is 1.22. The molecule has 0 bridgehead atoms. The second kappa shape index (κ2) is 2.49. The smallest absolute Gasteiger partial charge is 0.214 e. The second-order valence-corrected chi connectivity index (χ2v) is 2.59. The molecule has 12 heavy (non-hydrogen) atoms. The summed E-state index contributed by atoms with van der Waals surface area (Å²) in [6.07, 6.45) is -0.836. The lowest BCUT2D eigenvalue weighted by Crippen LogP contribution is -2.46. The first kappa shape index (κ1) is 8.54. The van der Waals surface area contributed by atoms with Crippen LogP contribution in [0.1, 0.15) is 0 Å². The SMILES string of the molecule is CN1C(O)=C(N)C(N)=C(O)C1N. The summed E-state index contributed by atoms with van der Waals surface area (Å²) < 4.78 is 0. The fourth-order valence-electron chi connectivity index (χ4n) is 0.923. The fraction of sp³-hybridized carbons (Fsp3) is 0.333. The number of aliphatic hydroxyl groups is 2. The van der Waals surface area contributed by atoms with E-state index in [1.807, 2.05) is 0 Å². The fourth-order valence-corrected chi connectivity index (χ4v) is 0.923. The molecule has 1 rings (SSSR count). The summed E-state index contributed by atoms with van der Waals surface area (Å²) in [5.74, 6) is -0.453. The molecule has 0 fully saturated rings. The Balaban J connectivity index is 3.18. The minimum Gasteiger partial charge on any atom is -0.507 e. The van der Waals surface area contributed by atoms with Crippen molar-refractivity contribution < 1.29 is 10.2 Å². The molecule has 0 saturated carbocycles. The highest BCUT2D eigenvalue weighted by molar-refractivity contribution is 5.34. The molecule has 6 nitrogen and oxygen atoms in total. The van der Waals surface area contributed by atoms with Gasteiger partial charge in [-0.25, -0.2) is 0 Å². The Morgan fingerprint density at radius 2 is 1.75 bits per heavy atom. The van der Waals surface area contributed by atoms with E-state index in [2.05, 4.69) is 0 Å². The third-order valence-electron chi connectivity index (χ3n) is 1.84. The van der Waals surface area contributed by atoms with Crippen molar-refractivity contribution in [3.8, 4) is 0 Å². The summed E-state index contributed by atoms with van der Waals surface area (Å²) in [6, 6.07) is 0. The quantitative estimate of drug-likeness (QED) is 0.307. The topological polar surface area (TPSA) is 122 Å². The molecule has 6 heteroatoms. The van der Waals surface area contributed by atoms with E-state index in [0.717, 1.165) is 0 Å². The molecule has 1 atom stereocenters. The Bertz CT molecular complexity index is 243. The number of hydrogen-bond donors (Lipinski definition) is 5. The molecule has 1 aliphatic heterocycles. The highest BCUT2D eigenvalue weighted by atomic mass is 16.3. The van der Waals surface area contributed by atoms with Crippen LogP contribution in [0.15, 0.2) is 23.0 Å². The maximum Gasteiger partial charge on any atom is 0.214 e. The van der Waals surface area contributed by atoms with Crippen LogP contribution in [0.25, 0.3) is 0 Å². The second-order valence-electron chi connectivity index (χ2n) is 2.59. The van der Waals surface area contributed by atoms with Gasteiger partial charge in [-0.2, -0.15) is 0 Å². The van der Waals surface area contributed by atoms with E-state index < -0.39 is 6.17 Å². The summed E-state index contributed by atoms with van der Waals surface area (Å²) in [5, 5.41) is 18.5. The van der Waals surface area contributed by atoms with Gasteiger partial charge in [-0.1, -0.05) is 0 Å². The van der Waals surface area contributed by atoms with Crippen molar-refractivity contribution in [1.29, 1.82) is 0 Å². The molecule has 0 saturated heterocycles. The number of nitrogens with zero attached hydrogens (tertiary/aromatic N) is 1. The van der Waals surface area contributed by atoms with Gasteiger partial charge in [0.15, 0.2) is 5.76 Å². The van der Waals surface area contributed by atoms with Crippen LogP contribution in [-0.4, -0.2) is 28.3 Å². The van der Waals surface area contributed by atoms with Gasteiger partial charge < -0.3 is 32.3 Å². The van der Waals surface area contributed by atoms with Crippen LogP contribution in [0, 0.1) is 0 Å². The molecular formula is C6H12N4O2. The van der Waals surface area contributed by atoms with Crippen molar-refractivity contribution >= 4 is 0 Å². The molecule has 0 spiro atoms. The third-order valence-corrected chi connectivity index (χ3v) is 1.84. The Morgan fingerprint density at radius 1 is 1.25 bits per heavy atom. The Hall–Kier alpha value is -1.56. The normalized spacial score (nSPS) is 25.2. The van der Waals surface area contributed by atoms with E-state index in [9.17, 15) is 10.2 Å². The van der Waals surface area contributed by atoms with Gasteiger partial charge in [0, 0.05) is 7.05 Å². The van der Waals surface area contributed by atoms with Gasteiger partial charge in [-0.15, -0.1) is 0 Å². The number of rotatable bonds is 0. The molecule has 1 unspecified atom stereocenters. The number of hydrogen-bond acceptors (Lipinski definition) is 6. The van der Waals surface area contributed by atoms with Crippen LogP contribution in [0.2, 0.25) is 0 Å². The molecule has 68 valence electrons. The zero-order valence-electron chi connectivity index (χ0n) is 6.65. The molecule has 1 heterocycles. The zero-order chi connectivity index (χ0) is 9.46. The van der Waals surface area contributed by atoms with E-state index in [0.29, 0.717) is 0 Å². The lowest BCUT2D eigenvalue weighted by atomic mass is 10.2. The predicted octanol–water partition coefficient (Wildman–Crippen LogP) is -1.37. The van der Waals surface area contributed by atoms with Gasteiger partial charge in [0.05, 0.1) is 0 Å². The van der Waals surface area contributed by atoms with Crippen LogP contribution < -0.4 is 17.2 Å². The highest BCUT2D eigenvalue weighted by Gasteiger charge is 2.27. The molecule has 0 radical (unpaired) electrons. The molecule has 0 amide bonds. The monoisotopic (exact) mass is 172 g/mol. The van der Waals surface area contributed by atoms with Crippen molar-refractivity contribution in [3.05, 3.63) is 23.0 Å². The minimum absolute atomic E-state index is 0.0586. The first-order chi connectivity index (χ1) is 5.46. The molecule has 0 aliphatic carbocycles. The zero-order valence-corrected chi connectivity index (χ0v) is 6.65. The lowest BCUT2D eigenvalue weighted by molar-refractivity contribution is 0.155. The van der Waals surface area contributed by atoms with Crippen LogP contribution >= 0.6 is 0 Å². The minimum atomic E-state index is -0.836. The van der Waals surface area contributed by atoms with Crippen molar-refractivity contribution in [3.63, 3.8) is 0 Å². The maximum absolute atomic E-state index is 9.28. The average Bonchev–Trinajstić information content (AvgIpc) is 2.08. The van der Waals surface area contributed by atoms with Gasteiger partial charge in [-0.3, -0.25) is 0 Å². The number of aliphatic hydroxyl groups excluding tert-OH is 2. The van der Waals surface area contributed by atoms with Crippen molar-refractivity contribution in [1.82, 2.24) is 4.90 Å². The summed E-state index contributed by atoms with van der Waals surface area (Å²) in [7, 11) is 1.50. The Morgan fingerprint density at radius 3 is 2.25 bits per heavy atom. The van der Waals surface area contributed by atoms with E-state index in [4.69, 9.17) is 17.2 Å². The molecule has 8 N–H and O–H groups in total. The van der Waals surface area contributed by atoms with E-state index in [1.54, 1.807) is 0 Å². The van der Waals surface area contributed by atoms with Crippen molar-refractivity contribution in [2.24, 2.45) is 17.2 Å². The van der Waals surface area contributed by atoms with Crippen LogP contribution in [0.5, 0.6) is 0 Å². The first-order valence-corrected chi connectivity index (χ1v) is 3.33. The highest BCUT2D eigenvalue weighted by Crippen LogP contribution is 2.19. The average molecular weight is 172 g/mol. The van der Waals surface area contributed by atoms with Crippen LogP contribution in [-0.2, 0) is 0 Å². The van der Waals surface area contributed by atoms with E-state index >= 15 is 0 Å². The molecular weight excluding hydrogens is 160 g/mol. The first-order valence-electron chi connectivity index (χ1n) is 3.33. The van der Waals surface area contributed by atoms with Gasteiger partial charge in [0.2, 0.25) is 5.88 Å². The third kappa shape index (κ3) is 0.928. The molecule has 0 aromatic heterocycles. The Kier molecular flexibility index (Phi) is 1.77. The molecule has 1 aliphatic rings. The number of nitrogens with two attached hydrogens (primary N) is 3. The summed E-state index contributed by atoms with van der Waals surface area (Å²) in [5.41, 5.74) is 16.0. The summed E-state index contributed by atoms with van der Waals surface area (Å²) in [6.45, 7) is 0. The van der Waals surface area contributed by atoms with Crippen molar-refractivity contribution in [2.75, 3.05) is 7.05 Å². The van der Waals surface area contributed by atoms with Crippen molar-refractivity contribution in [2.45, 2.75) is 6.17 Å². The summed E-state index contributed by atoms with van der Waals surface area (Å²) >= 11 is 0. The van der Waals surface area contributed by atoms with E-state index in [-0.39, 0.29) is 23.0 Å². The van der Waals surface area contributed by atoms with Gasteiger partial charge in [0.1, 0.15) is 17.6 Å². The number of likely N-dealkylation sites (N-methyl/N-ethyl adjacent to an activating group) is 1. The largest absolute Gasteiger partial charge is 0.507 e. The van der Waals surface area contributed by atoms with Gasteiger partial charge >= 0.3 is 0 Å². The lowest BCUT2D eigenvalue weighted by Gasteiger charge is -2.30. The maximum atomic E-state index is 9.28. The molecule has 0 aromatic carbocycles. The van der Waals surface area contributed by atoms with Gasteiger partial charge in [-0.05, 0) is 0 Å². The van der Waals surface area contributed by atoms with E-state index in [1.165, 1.54) is 11.9 Å². The Labute approximate surface area is 69.5 Å². The standard InChI is InChI=1S/C6H12N4O2/c1-10-5(9)4(11)2(7)3(8)6(10)12/h5,11-12H,7-9H2,1H3. The van der Waals surface area contributed by atoms with Crippen LogP contribution in [0.4, 0.5) is 0 Å².